The Morgan fingerprint density at radius 2 is 1.79 bits per heavy atom. The second-order valence-electron chi connectivity index (χ2n) is 7.68. The smallest absolute Gasteiger partial charge is 0.205 e. The summed E-state index contributed by atoms with van der Waals surface area (Å²) in [6.07, 6.45) is 4.27. The Kier molecular flexibility index (Phi) is 5.72. The van der Waals surface area contributed by atoms with E-state index in [4.69, 9.17) is 14.2 Å². The van der Waals surface area contributed by atoms with Crippen LogP contribution in [0.25, 0.3) is 0 Å². The molecule has 0 radical (unpaired) electrons. The number of halogens is 3. The molecule has 4 rings (SSSR count). The van der Waals surface area contributed by atoms with Crippen LogP contribution >= 0.6 is 0 Å². The van der Waals surface area contributed by atoms with Crippen LogP contribution < -0.4 is 9.47 Å². The predicted molar refractivity (Wildman–Crippen MR) is 103 cm³/mol. The molecule has 0 bridgehead atoms. The summed E-state index contributed by atoms with van der Waals surface area (Å²) in [5.41, 5.74) is 1.55. The van der Waals surface area contributed by atoms with Crippen molar-refractivity contribution in [2.24, 2.45) is 0 Å². The van der Waals surface area contributed by atoms with E-state index in [9.17, 15) is 8.78 Å². The third-order valence-electron chi connectivity index (χ3n) is 5.72. The summed E-state index contributed by atoms with van der Waals surface area (Å²) < 4.78 is 60.7. The third kappa shape index (κ3) is 3.70. The average Bonchev–Trinajstić information content (AvgIpc) is 2.72. The van der Waals surface area contributed by atoms with Crippen LogP contribution in [-0.2, 0) is 11.2 Å². The average molecular weight is 406 g/mol. The lowest BCUT2D eigenvalue weighted by Crippen LogP contribution is -2.25. The molecule has 156 valence electrons. The van der Waals surface area contributed by atoms with Crippen LogP contribution in [0.3, 0.4) is 0 Å². The van der Waals surface area contributed by atoms with Crippen LogP contribution in [0, 0.1) is 17.5 Å². The van der Waals surface area contributed by atoms with Crippen molar-refractivity contribution in [1.29, 1.82) is 0 Å². The van der Waals surface area contributed by atoms with Crippen molar-refractivity contribution in [3.63, 3.8) is 0 Å². The first-order chi connectivity index (χ1) is 14.0. The highest BCUT2D eigenvalue weighted by atomic mass is 19.2. The zero-order chi connectivity index (χ0) is 20.5. The summed E-state index contributed by atoms with van der Waals surface area (Å²) >= 11 is 0. The van der Waals surface area contributed by atoms with Crippen LogP contribution in [0.5, 0.6) is 17.2 Å². The van der Waals surface area contributed by atoms with Crippen LogP contribution in [0.2, 0.25) is 0 Å². The maximum Gasteiger partial charge on any atom is 0.205 e. The molecule has 2 aromatic carbocycles. The molecular formula is C23H25F3O3. The van der Waals surface area contributed by atoms with Gasteiger partial charge in [-0.1, -0.05) is 25.5 Å². The first-order valence-corrected chi connectivity index (χ1v) is 10.3. The number of ether oxygens (including phenoxy) is 3. The molecule has 2 atom stereocenters. The van der Waals surface area contributed by atoms with Crippen LogP contribution in [0.1, 0.15) is 62.1 Å². The van der Waals surface area contributed by atoms with E-state index in [1.54, 1.807) is 19.1 Å². The van der Waals surface area contributed by atoms with E-state index >= 15 is 4.39 Å². The van der Waals surface area contributed by atoms with Gasteiger partial charge in [0.05, 0.1) is 19.3 Å². The quantitative estimate of drug-likeness (QED) is 0.500. The van der Waals surface area contributed by atoms with Crippen LogP contribution in [-0.4, -0.2) is 19.3 Å². The van der Waals surface area contributed by atoms with Crippen molar-refractivity contribution in [2.45, 2.75) is 58.0 Å². The molecule has 2 unspecified atom stereocenters. The van der Waals surface area contributed by atoms with Crippen molar-refractivity contribution in [1.82, 2.24) is 0 Å². The normalized spacial score (nSPS) is 20.6. The molecule has 2 aliphatic rings. The fourth-order valence-electron chi connectivity index (χ4n) is 4.22. The van der Waals surface area contributed by atoms with Gasteiger partial charge in [0.15, 0.2) is 23.1 Å². The lowest BCUT2D eigenvalue weighted by Gasteiger charge is -2.30. The van der Waals surface area contributed by atoms with E-state index in [1.165, 1.54) is 6.07 Å². The molecule has 0 spiro atoms. The first-order valence-electron chi connectivity index (χ1n) is 10.3. The lowest BCUT2D eigenvalue weighted by molar-refractivity contribution is -0.00178. The van der Waals surface area contributed by atoms with E-state index in [-0.39, 0.29) is 42.3 Å². The highest BCUT2D eigenvalue weighted by Crippen LogP contribution is 2.45. The van der Waals surface area contributed by atoms with E-state index in [0.29, 0.717) is 23.3 Å². The summed E-state index contributed by atoms with van der Waals surface area (Å²) in [5.74, 6) is -3.29. The Balaban J connectivity index is 1.62. The van der Waals surface area contributed by atoms with Gasteiger partial charge in [0, 0.05) is 23.5 Å². The molecule has 1 saturated heterocycles. The van der Waals surface area contributed by atoms with E-state index in [2.05, 4.69) is 6.92 Å². The summed E-state index contributed by atoms with van der Waals surface area (Å²) in [6.45, 7) is 4.48. The van der Waals surface area contributed by atoms with E-state index < -0.39 is 17.5 Å². The Labute approximate surface area is 168 Å². The second-order valence-corrected chi connectivity index (χ2v) is 7.68. The summed E-state index contributed by atoms with van der Waals surface area (Å²) in [4.78, 5) is 0. The zero-order valence-electron chi connectivity index (χ0n) is 16.7. The van der Waals surface area contributed by atoms with Gasteiger partial charge in [0.2, 0.25) is 11.6 Å². The molecule has 6 heteroatoms. The van der Waals surface area contributed by atoms with Gasteiger partial charge >= 0.3 is 0 Å². The summed E-state index contributed by atoms with van der Waals surface area (Å²) in [5, 5.41) is 0. The van der Waals surface area contributed by atoms with Gasteiger partial charge < -0.3 is 14.2 Å². The Morgan fingerprint density at radius 3 is 2.48 bits per heavy atom. The molecule has 2 heterocycles. The highest BCUT2D eigenvalue weighted by Gasteiger charge is 2.31. The van der Waals surface area contributed by atoms with Gasteiger partial charge in [-0.2, -0.15) is 8.78 Å². The van der Waals surface area contributed by atoms with E-state index in [0.717, 1.165) is 25.7 Å². The molecule has 1 fully saturated rings. The third-order valence-corrected chi connectivity index (χ3v) is 5.72. The van der Waals surface area contributed by atoms with Crippen LogP contribution in [0.15, 0.2) is 18.2 Å². The Bertz CT molecular complexity index is 905. The fraction of sp³-hybridized carbons (Fsp3) is 0.478. The molecule has 3 nitrogen and oxygen atoms in total. The number of hydrogen-bond donors (Lipinski definition) is 0. The molecule has 0 aliphatic carbocycles. The minimum atomic E-state index is -1.15. The monoisotopic (exact) mass is 406 g/mol. The Hall–Kier alpha value is -2.21. The zero-order valence-corrected chi connectivity index (χ0v) is 16.7. The topological polar surface area (TPSA) is 27.7 Å². The molecule has 2 aliphatic heterocycles. The van der Waals surface area contributed by atoms with Gasteiger partial charge in [-0.15, -0.1) is 0 Å². The lowest BCUT2D eigenvalue weighted by atomic mass is 9.88. The minimum absolute atomic E-state index is 0.0202. The van der Waals surface area contributed by atoms with Gasteiger partial charge in [0.25, 0.3) is 0 Å². The maximum atomic E-state index is 15.3. The first kappa shape index (κ1) is 20.1. The molecular weight excluding hydrogens is 381 g/mol. The van der Waals surface area contributed by atoms with Crippen molar-refractivity contribution in [3.8, 4) is 17.2 Å². The molecule has 0 saturated carbocycles. The Morgan fingerprint density at radius 1 is 1.00 bits per heavy atom. The number of hydrogen-bond acceptors (Lipinski definition) is 3. The van der Waals surface area contributed by atoms with Gasteiger partial charge in [-0.05, 0) is 37.8 Å². The SMILES string of the molecule is CCCC1CCC(c2ccc3c(c2F)Oc2c(cc(OCC)c(F)c2F)C3)CO1. The molecule has 0 aromatic heterocycles. The maximum absolute atomic E-state index is 15.3. The molecule has 0 N–H and O–H groups in total. The number of fused-ring (bicyclic) bond motifs is 2. The van der Waals surface area contributed by atoms with Crippen molar-refractivity contribution >= 4 is 0 Å². The molecule has 2 aromatic rings. The second kappa shape index (κ2) is 8.27. The fourth-order valence-corrected chi connectivity index (χ4v) is 4.22. The molecule has 0 amide bonds. The number of benzene rings is 2. The highest BCUT2D eigenvalue weighted by molar-refractivity contribution is 5.55. The minimum Gasteiger partial charge on any atom is -0.491 e. The van der Waals surface area contributed by atoms with Crippen molar-refractivity contribution < 1.29 is 27.4 Å². The van der Waals surface area contributed by atoms with E-state index in [1.807, 2.05) is 0 Å². The number of rotatable bonds is 5. The summed E-state index contributed by atoms with van der Waals surface area (Å²) in [7, 11) is 0. The summed E-state index contributed by atoms with van der Waals surface area (Å²) in [6, 6.07) is 4.99. The predicted octanol–water partition coefficient (Wildman–Crippen LogP) is 6.26. The van der Waals surface area contributed by atoms with Gasteiger partial charge in [-0.3, -0.25) is 0 Å². The largest absolute Gasteiger partial charge is 0.491 e. The van der Waals surface area contributed by atoms with Gasteiger partial charge in [-0.25, -0.2) is 4.39 Å². The van der Waals surface area contributed by atoms with Crippen LogP contribution in [0.4, 0.5) is 13.2 Å². The van der Waals surface area contributed by atoms with Gasteiger partial charge in [0.1, 0.15) is 0 Å². The van der Waals surface area contributed by atoms with Crippen molar-refractivity contribution in [3.05, 3.63) is 52.3 Å². The standard InChI is InChI=1S/C23H25F3O3/c1-3-5-16-8-6-14(12-28-16)17-9-7-13-10-15-11-18(27-4-2)20(25)21(26)23(15)29-22(13)19(17)24/h7,9,11,14,16H,3-6,8,10,12H2,1-2H3. The molecule has 29 heavy (non-hydrogen) atoms. The van der Waals surface area contributed by atoms with Crippen molar-refractivity contribution in [2.75, 3.05) is 13.2 Å².